The van der Waals surface area contributed by atoms with E-state index in [0.29, 0.717) is 11.0 Å². The number of sulfonamides is 1. The van der Waals surface area contributed by atoms with Crippen LogP contribution in [0.5, 0.6) is 0 Å². The van der Waals surface area contributed by atoms with Crippen molar-refractivity contribution in [1.82, 2.24) is 0 Å². The summed E-state index contributed by atoms with van der Waals surface area (Å²) >= 11 is 0. The van der Waals surface area contributed by atoms with Gasteiger partial charge in [-0.15, -0.1) is 0 Å². The fraction of sp³-hybridized carbons (Fsp3) is 0. The molecule has 0 aliphatic carbocycles. The molecule has 0 bridgehead atoms. The Morgan fingerprint density at radius 2 is 1.74 bits per heavy atom. The first kappa shape index (κ1) is 11.9. The average Bonchev–Trinajstić information content (AvgIpc) is 2.36. The third-order valence-corrected chi connectivity index (χ3v) is 3.81. The van der Waals surface area contributed by atoms with E-state index >= 15 is 0 Å². The molecule has 0 radical (unpaired) electrons. The van der Waals surface area contributed by atoms with Gasteiger partial charge < -0.3 is 4.42 Å². The number of benzene rings is 2. The predicted octanol–water partition coefficient (Wildman–Crippen LogP) is 1.59. The molecular weight excluding hydrogens is 266 g/mol. The van der Waals surface area contributed by atoms with E-state index in [-0.39, 0.29) is 0 Å². The molecule has 5 nitrogen and oxygen atoms in total. The van der Waals surface area contributed by atoms with E-state index in [1.165, 1.54) is 6.07 Å². The number of hydrogen-bond donors (Lipinski definition) is 1. The van der Waals surface area contributed by atoms with E-state index in [4.69, 9.17) is 9.56 Å². The minimum atomic E-state index is -4.10. The minimum Gasteiger partial charge on any atom is -0.422 e. The first-order valence-electron chi connectivity index (χ1n) is 5.45. The van der Waals surface area contributed by atoms with E-state index in [1.807, 2.05) is 24.3 Å². The molecule has 0 aliphatic rings. The van der Waals surface area contributed by atoms with E-state index in [9.17, 15) is 13.2 Å². The van der Waals surface area contributed by atoms with Crippen molar-refractivity contribution in [3.05, 3.63) is 52.9 Å². The van der Waals surface area contributed by atoms with Crippen LogP contribution in [0, 0.1) is 0 Å². The van der Waals surface area contributed by atoms with Gasteiger partial charge in [0.05, 0.1) is 0 Å². The van der Waals surface area contributed by atoms with Crippen LogP contribution in [0.3, 0.4) is 0 Å². The Hall–Kier alpha value is -2.18. The Labute approximate surface area is 108 Å². The molecule has 1 heterocycles. The summed E-state index contributed by atoms with van der Waals surface area (Å²) in [5, 5.41) is 7.27. The van der Waals surface area contributed by atoms with Crippen LogP contribution in [0.2, 0.25) is 0 Å². The summed E-state index contributed by atoms with van der Waals surface area (Å²) in [5.41, 5.74) is -0.624. The topological polar surface area (TPSA) is 90.4 Å². The van der Waals surface area contributed by atoms with Gasteiger partial charge >= 0.3 is 5.63 Å². The minimum absolute atomic E-state index is 0.330. The van der Waals surface area contributed by atoms with Gasteiger partial charge in [0.1, 0.15) is 5.58 Å². The third-order valence-electron chi connectivity index (χ3n) is 2.92. The Bertz CT molecular complexity index is 957. The molecule has 19 heavy (non-hydrogen) atoms. The van der Waals surface area contributed by atoms with Gasteiger partial charge in [-0.05, 0) is 22.9 Å². The highest BCUT2D eigenvalue weighted by Crippen LogP contribution is 2.25. The van der Waals surface area contributed by atoms with Gasteiger partial charge in [0.2, 0.25) is 10.0 Å². The Morgan fingerprint density at radius 3 is 2.47 bits per heavy atom. The third kappa shape index (κ3) is 1.91. The van der Waals surface area contributed by atoms with Gasteiger partial charge in [-0.2, -0.15) is 0 Å². The SMILES string of the molecule is NS(=O)(=O)c1cc2c(ccc3ccccc32)oc1=O. The largest absolute Gasteiger partial charge is 0.422 e. The average molecular weight is 275 g/mol. The Balaban J connectivity index is 2.56. The molecule has 0 unspecified atom stereocenters. The van der Waals surface area contributed by atoms with Gasteiger partial charge in [-0.1, -0.05) is 30.3 Å². The second kappa shape index (κ2) is 3.91. The first-order valence-corrected chi connectivity index (χ1v) is 7.00. The van der Waals surface area contributed by atoms with Gasteiger partial charge in [-0.3, -0.25) is 0 Å². The second-order valence-corrected chi connectivity index (χ2v) is 5.67. The summed E-state index contributed by atoms with van der Waals surface area (Å²) in [6.07, 6.45) is 0. The molecule has 2 aromatic carbocycles. The standard InChI is InChI=1S/C13H9NO4S/c14-19(16,17)12-7-10-9-4-2-1-3-8(9)5-6-11(10)18-13(12)15/h1-7H,(H2,14,16,17). The molecule has 0 atom stereocenters. The van der Waals surface area contributed by atoms with Crippen molar-refractivity contribution < 1.29 is 12.8 Å². The van der Waals surface area contributed by atoms with Crippen LogP contribution in [-0.2, 0) is 10.0 Å². The molecule has 6 heteroatoms. The van der Waals surface area contributed by atoms with Gasteiger partial charge in [0.25, 0.3) is 0 Å². The fourth-order valence-corrected chi connectivity index (χ4v) is 2.61. The van der Waals surface area contributed by atoms with Gasteiger partial charge in [0, 0.05) is 5.39 Å². The number of hydrogen-bond acceptors (Lipinski definition) is 4. The maximum absolute atomic E-state index is 11.6. The summed E-state index contributed by atoms with van der Waals surface area (Å²) in [5.74, 6) is 0. The van der Waals surface area contributed by atoms with Crippen LogP contribution in [0.4, 0.5) is 0 Å². The normalized spacial score (nSPS) is 12.1. The lowest BCUT2D eigenvalue weighted by molar-refractivity contribution is 0.533. The Morgan fingerprint density at radius 1 is 1.00 bits per heavy atom. The highest BCUT2D eigenvalue weighted by Gasteiger charge is 2.16. The van der Waals surface area contributed by atoms with Crippen molar-refractivity contribution >= 4 is 31.8 Å². The summed E-state index contributed by atoms with van der Waals surface area (Å²) in [4.78, 5) is 11.1. The zero-order valence-electron chi connectivity index (χ0n) is 9.66. The van der Waals surface area contributed by atoms with Crippen molar-refractivity contribution in [2.24, 2.45) is 5.14 Å². The van der Waals surface area contributed by atoms with Crippen LogP contribution in [0.15, 0.2) is 56.6 Å². The molecule has 2 N–H and O–H groups in total. The first-order chi connectivity index (χ1) is 8.97. The lowest BCUT2D eigenvalue weighted by atomic mass is 10.1. The number of primary sulfonamides is 1. The summed E-state index contributed by atoms with van der Waals surface area (Å²) in [6, 6.07) is 12.1. The predicted molar refractivity (Wildman–Crippen MR) is 71.4 cm³/mol. The van der Waals surface area contributed by atoms with Crippen molar-refractivity contribution in [1.29, 1.82) is 0 Å². The summed E-state index contributed by atoms with van der Waals surface area (Å²) in [7, 11) is -4.10. The number of rotatable bonds is 1. The molecule has 0 aliphatic heterocycles. The summed E-state index contributed by atoms with van der Waals surface area (Å²) in [6.45, 7) is 0. The van der Waals surface area contributed by atoms with Crippen molar-refractivity contribution in [2.45, 2.75) is 4.90 Å². The lowest BCUT2D eigenvalue weighted by Gasteiger charge is -2.04. The molecule has 3 rings (SSSR count). The maximum atomic E-state index is 11.6. The van der Waals surface area contributed by atoms with Crippen molar-refractivity contribution in [2.75, 3.05) is 0 Å². The smallest absolute Gasteiger partial charge is 0.356 e. The summed E-state index contributed by atoms with van der Waals surface area (Å²) < 4.78 is 27.7. The van der Waals surface area contributed by atoms with Crippen LogP contribution >= 0.6 is 0 Å². The highest BCUT2D eigenvalue weighted by molar-refractivity contribution is 7.89. The quantitative estimate of drug-likeness (QED) is 0.539. The number of nitrogens with two attached hydrogens (primary N) is 1. The van der Waals surface area contributed by atoms with E-state index in [0.717, 1.165) is 10.8 Å². The molecular formula is C13H9NO4S. The van der Waals surface area contributed by atoms with Crippen molar-refractivity contribution in [3.8, 4) is 0 Å². The van der Waals surface area contributed by atoms with Crippen molar-refractivity contribution in [3.63, 3.8) is 0 Å². The molecule has 3 aromatic rings. The molecule has 0 amide bonds. The molecule has 0 spiro atoms. The second-order valence-electron chi connectivity index (χ2n) is 4.14. The monoisotopic (exact) mass is 275 g/mol. The zero-order valence-corrected chi connectivity index (χ0v) is 10.5. The van der Waals surface area contributed by atoms with Crippen LogP contribution in [-0.4, -0.2) is 8.42 Å². The van der Waals surface area contributed by atoms with Crippen LogP contribution < -0.4 is 10.8 Å². The highest BCUT2D eigenvalue weighted by atomic mass is 32.2. The molecule has 0 saturated carbocycles. The maximum Gasteiger partial charge on any atom is 0.356 e. The van der Waals surface area contributed by atoms with Crippen LogP contribution in [0.1, 0.15) is 0 Å². The van der Waals surface area contributed by atoms with E-state index < -0.39 is 20.5 Å². The molecule has 0 fully saturated rings. The van der Waals surface area contributed by atoms with Gasteiger partial charge in [0.15, 0.2) is 4.90 Å². The Kier molecular flexibility index (Phi) is 2.44. The van der Waals surface area contributed by atoms with E-state index in [2.05, 4.69) is 0 Å². The lowest BCUT2D eigenvalue weighted by Crippen LogP contribution is -2.20. The van der Waals surface area contributed by atoms with Crippen LogP contribution in [0.25, 0.3) is 21.7 Å². The van der Waals surface area contributed by atoms with E-state index in [1.54, 1.807) is 12.1 Å². The molecule has 0 saturated heterocycles. The van der Waals surface area contributed by atoms with Gasteiger partial charge in [-0.25, -0.2) is 18.4 Å². The zero-order chi connectivity index (χ0) is 13.6. The fourth-order valence-electron chi connectivity index (χ4n) is 2.05. The molecule has 1 aromatic heterocycles. The number of fused-ring (bicyclic) bond motifs is 3. The molecule has 96 valence electrons.